The van der Waals surface area contributed by atoms with Crippen LogP contribution in [0.3, 0.4) is 0 Å². The Morgan fingerprint density at radius 2 is 0.844 bits per heavy atom. The van der Waals surface area contributed by atoms with Crippen molar-refractivity contribution in [3.05, 3.63) is 91.0 Å². The zero-order valence-corrected chi connectivity index (χ0v) is 21.2. The number of hydrogen-bond donors (Lipinski definition) is 1. The minimum absolute atomic E-state index is 0. The molecule has 0 amide bonds. The summed E-state index contributed by atoms with van der Waals surface area (Å²) in [5, 5.41) is 7.78. The van der Waals surface area contributed by atoms with Crippen molar-refractivity contribution in [2.75, 3.05) is 19.8 Å². The number of nitrogens with one attached hydrogen (secondary N) is 1. The van der Waals surface area contributed by atoms with Gasteiger partial charge >= 0.3 is 0 Å². The fourth-order valence-electron chi connectivity index (χ4n) is 4.59. The Hall–Kier alpha value is -1.66. The second-order valence-corrected chi connectivity index (χ2v) is 12.1. The van der Waals surface area contributed by atoms with Crippen LogP contribution in [-0.4, -0.2) is 19.8 Å². The molecule has 0 aliphatic carbocycles. The van der Waals surface area contributed by atoms with Gasteiger partial charge in [-0.05, 0) is 69.3 Å². The van der Waals surface area contributed by atoms with Gasteiger partial charge in [0.2, 0.25) is 0 Å². The van der Waals surface area contributed by atoms with Gasteiger partial charge < -0.3 is 17.7 Å². The Morgan fingerprint density at radius 1 is 0.500 bits per heavy atom. The van der Waals surface area contributed by atoms with Crippen molar-refractivity contribution in [2.45, 2.75) is 51.4 Å². The van der Waals surface area contributed by atoms with E-state index in [4.69, 9.17) is 0 Å². The van der Waals surface area contributed by atoms with Crippen LogP contribution in [-0.2, 0) is 0 Å². The van der Waals surface area contributed by atoms with Crippen LogP contribution in [0.2, 0.25) is 0 Å². The van der Waals surface area contributed by atoms with Crippen LogP contribution in [0.4, 0.5) is 0 Å². The summed E-state index contributed by atoms with van der Waals surface area (Å²) in [7, 11) is 0.410. The Kier molecular flexibility index (Phi) is 12.7. The minimum Gasteiger partial charge on any atom is -1.00 e. The summed E-state index contributed by atoms with van der Waals surface area (Å²) in [5.74, 6) is 0. The quantitative estimate of drug-likeness (QED) is 0.283. The van der Waals surface area contributed by atoms with Gasteiger partial charge in [0.05, 0.1) is 6.16 Å². The van der Waals surface area contributed by atoms with E-state index in [1.54, 1.807) is 0 Å². The highest BCUT2D eigenvalue weighted by Gasteiger charge is 2.44. The first-order valence-electron chi connectivity index (χ1n) is 12.1. The zero-order chi connectivity index (χ0) is 21.6. The van der Waals surface area contributed by atoms with Crippen molar-refractivity contribution in [1.29, 1.82) is 0 Å². The van der Waals surface area contributed by atoms with Gasteiger partial charge in [-0.2, -0.15) is 0 Å². The molecule has 3 aromatic rings. The summed E-state index contributed by atoms with van der Waals surface area (Å²) >= 11 is 0. The van der Waals surface area contributed by atoms with Crippen molar-refractivity contribution in [3.63, 3.8) is 0 Å². The average molecular weight is 468 g/mol. The molecule has 0 unspecified atom stereocenters. The molecular formula is C29H39ClNP. The molecule has 0 fully saturated rings. The lowest BCUT2D eigenvalue weighted by molar-refractivity contribution is -0.00000628. The molecular weight excluding hydrogens is 429 g/mol. The minimum atomic E-state index is -1.63. The highest BCUT2D eigenvalue weighted by molar-refractivity contribution is 7.95. The van der Waals surface area contributed by atoms with E-state index in [2.05, 4.69) is 96.3 Å². The summed E-state index contributed by atoms with van der Waals surface area (Å²) in [6.45, 7) is 1.16. The molecule has 0 heterocycles. The van der Waals surface area contributed by atoms with E-state index >= 15 is 0 Å². The normalized spacial score (nSPS) is 11.2. The summed E-state index contributed by atoms with van der Waals surface area (Å²) < 4.78 is 0. The van der Waals surface area contributed by atoms with Crippen molar-refractivity contribution in [2.24, 2.45) is 0 Å². The number of rotatable bonds is 14. The number of halogens is 1. The Bertz CT molecular complexity index is 742. The lowest BCUT2D eigenvalue weighted by atomic mass is 10.1. The molecule has 0 atom stereocenters. The van der Waals surface area contributed by atoms with Crippen LogP contribution in [0.25, 0.3) is 0 Å². The van der Waals surface area contributed by atoms with E-state index in [9.17, 15) is 0 Å². The molecule has 3 aromatic carbocycles. The van der Waals surface area contributed by atoms with E-state index in [-0.39, 0.29) is 12.4 Å². The third kappa shape index (κ3) is 7.45. The molecule has 0 radical (unpaired) electrons. The van der Waals surface area contributed by atoms with Gasteiger partial charge in [-0.3, -0.25) is 0 Å². The molecule has 32 heavy (non-hydrogen) atoms. The summed E-state index contributed by atoms with van der Waals surface area (Å²) in [6.07, 6.45) is 12.1. The first-order chi connectivity index (χ1) is 15.4. The van der Waals surface area contributed by atoms with Crippen LogP contribution < -0.4 is 33.6 Å². The van der Waals surface area contributed by atoms with E-state index < -0.39 is 7.26 Å². The predicted molar refractivity (Wildman–Crippen MR) is 141 cm³/mol. The third-order valence-corrected chi connectivity index (χ3v) is 10.8. The average Bonchev–Trinajstić information content (AvgIpc) is 2.84. The van der Waals surface area contributed by atoms with E-state index in [0.717, 1.165) is 6.54 Å². The maximum absolute atomic E-state index is 3.24. The van der Waals surface area contributed by atoms with Crippen LogP contribution in [0.1, 0.15) is 51.4 Å². The molecule has 1 nitrogen and oxygen atoms in total. The highest BCUT2D eigenvalue weighted by atomic mass is 35.5. The number of unbranched alkanes of at least 4 members (excludes halogenated alkanes) is 7. The molecule has 3 heteroatoms. The van der Waals surface area contributed by atoms with Crippen molar-refractivity contribution < 1.29 is 12.4 Å². The summed E-state index contributed by atoms with van der Waals surface area (Å²) in [4.78, 5) is 0. The standard InChI is InChI=1S/C29H39NP.ClH/c1-30-25-17-6-4-2-3-5-7-18-26-31(27-19-11-8-12-20-27,28-21-13-9-14-22-28)29-23-15-10-16-24-29;/h8-16,19-24,30H,2-7,17-18,25-26H2,1H3;1H/q+1;/p-1. The first-order valence-corrected chi connectivity index (χ1v) is 14.0. The second-order valence-electron chi connectivity index (χ2n) is 8.47. The molecule has 0 aliphatic rings. The number of hydrogen-bond acceptors (Lipinski definition) is 1. The van der Waals surface area contributed by atoms with Crippen LogP contribution in [0.5, 0.6) is 0 Å². The third-order valence-electron chi connectivity index (χ3n) is 6.26. The van der Waals surface area contributed by atoms with Gasteiger partial charge in [-0.1, -0.05) is 86.7 Å². The Labute approximate surface area is 202 Å². The first kappa shape index (κ1) is 26.6. The second kappa shape index (κ2) is 15.2. The molecule has 0 saturated heterocycles. The van der Waals surface area contributed by atoms with Gasteiger partial charge in [0, 0.05) is 0 Å². The van der Waals surface area contributed by atoms with E-state index in [1.807, 2.05) is 7.05 Å². The van der Waals surface area contributed by atoms with Crippen LogP contribution in [0, 0.1) is 0 Å². The smallest absolute Gasteiger partial charge is 0.112 e. The molecule has 0 spiro atoms. The van der Waals surface area contributed by atoms with Gasteiger partial charge in [-0.25, -0.2) is 0 Å². The van der Waals surface area contributed by atoms with E-state index in [1.165, 1.54) is 73.4 Å². The van der Waals surface area contributed by atoms with Crippen LogP contribution in [0.15, 0.2) is 91.0 Å². The summed E-state index contributed by atoms with van der Waals surface area (Å²) in [5.41, 5.74) is 0. The van der Waals surface area contributed by atoms with Gasteiger partial charge in [0.15, 0.2) is 0 Å². The summed E-state index contributed by atoms with van der Waals surface area (Å²) in [6, 6.07) is 33.9. The largest absolute Gasteiger partial charge is 1.00 e. The van der Waals surface area contributed by atoms with Crippen molar-refractivity contribution in [3.8, 4) is 0 Å². The lowest BCUT2D eigenvalue weighted by Crippen LogP contribution is -3.00. The fourth-order valence-corrected chi connectivity index (χ4v) is 9.00. The maximum Gasteiger partial charge on any atom is 0.112 e. The number of benzene rings is 3. The molecule has 1 N–H and O–H groups in total. The van der Waals surface area contributed by atoms with Gasteiger partial charge in [0.1, 0.15) is 23.2 Å². The van der Waals surface area contributed by atoms with Crippen molar-refractivity contribution in [1.82, 2.24) is 5.32 Å². The SMILES string of the molecule is CNCCCCCCCCCC[P+](c1ccccc1)(c1ccccc1)c1ccccc1.[Cl-]. The maximum atomic E-state index is 3.24. The fraction of sp³-hybridized carbons (Fsp3) is 0.379. The molecule has 172 valence electrons. The Morgan fingerprint density at radius 3 is 1.22 bits per heavy atom. The van der Waals surface area contributed by atoms with Gasteiger partial charge in [-0.15, -0.1) is 0 Å². The molecule has 0 aromatic heterocycles. The highest BCUT2D eigenvalue weighted by Crippen LogP contribution is 2.55. The van der Waals surface area contributed by atoms with E-state index in [0.29, 0.717) is 0 Å². The molecule has 0 bridgehead atoms. The Balaban J connectivity index is 0.00000363. The van der Waals surface area contributed by atoms with Crippen molar-refractivity contribution >= 4 is 23.2 Å². The van der Waals surface area contributed by atoms with Crippen LogP contribution >= 0.6 is 7.26 Å². The predicted octanol–water partition coefficient (Wildman–Crippen LogP) is 3.32. The topological polar surface area (TPSA) is 12.0 Å². The zero-order valence-electron chi connectivity index (χ0n) is 19.6. The molecule has 0 aliphatic heterocycles. The lowest BCUT2D eigenvalue weighted by Gasteiger charge is -2.27. The molecule has 0 saturated carbocycles. The monoisotopic (exact) mass is 467 g/mol. The molecule has 3 rings (SSSR count). The van der Waals surface area contributed by atoms with Gasteiger partial charge in [0.25, 0.3) is 0 Å².